The lowest BCUT2D eigenvalue weighted by Gasteiger charge is -2.16. The Balaban J connectivity index is 1.78. The van der Waals surface area contributed by atoms with Crippen LogP contribution in [0.3, 0.4) is 0 Å². The topological polar surface area (TPSA) is 105 Å². The van der Waals surface area contributed by atoms with Crippen LogP contribution in [0.2, 0.25) is 0 Å². The largest absolute Gasteiger partial charge is 0.358 e. The highest BCUT2D eigenvalue weighted by molar-refractivity contribution is 5.68. The number of nitrogens with zero attached hydrogens (tertiary/aromatic N) is 5. The van der Waals surface area contributed by atoms with Gasteiger partial charge in [0.15, 0.2) is 0 Å². The second-order valence-corrected chi connectivity index (χ2v) is 8.41. The molecule has 0 saturated carbocycles. The lowest BCUT2D eigenvalue weighted by atomic mass is 10.1. The molecule has 190 valence electrons. The van der Waals surface area contributed by atoms with Gasteiger partial charge in [0.05, 0.1) is 29.9 Å². The van der Waals surface area contributed by atoms with Crippen molar-refractivity contribution in [2.24, 2.45) is 0 Å². The van der Waals surface area contributed by atoms with E-state index in [2.05, 4.69) is 5.10 Å². The van der Waals surface area contributed by atoms with Crippen LogP contribution >= 0.6 is 0 Å². The lowest BCUT2D eigenvalue weighted by Crippen LogP contribution is -2.42. The van der Waals surface area contributed by atoms with Gasteiger partial charge in [-0.3, -0.25) is 19.5 Å². The van der Waals surface area contributed by atoms with Crippen LogP contribution in [0.15, 0.2) is 101 Å². The van der Waals surface area contributed by atoms with Crippen LogP contribution in [0.4, 0.5) is 14.5 Å². The third kappa shape index (κ3) is 4.52. The molecule has 5 rings (SSSR count). The second-order valence-electron chi connectivity index (χ2n) is 8.41. The summed E-state index contributed by atoms with van der Waals surface area (Å²) in [5.41, 5.74) is -2.63. The Morgan fingerprint density at radius 2 is 1.34 bits per heavy atom. The average molecular weight is 515 g/mol. The molecule has 0 amide bonds. The summed E-state index contributed by atoms with van der Waals surface area (Å²) < 4.78 is 32.0. The number of aromatic nitrogens is 4. The van der Waals surface area contributed by atoms with Crippen molar-refractivity contribution >= 4 is 5.69 Å². The third-order valence-corrected chi connectivity index (χ3v) is 6.04. The Morgan fingerprint density at radius 1 is 0.789 bits per heavy atom. The molecule has 2 heterocycles. The summed E-state index contributed by atoms with van der Waals surface area (Å²) in [6, 6.07) is 20.0. The maximum atomic E-state index is 14.6. The van der Waals surface area contributed by atoms with Gasteiger partial charge in [-0.05, 0) is 24.3 Å². The van der Waals surface area contributed by atoms with E-state index in [9.17, 15) is 28.5 Å². The number of halogens is 2. The van der Waals surface area contributed by atoms with Gasteiger partial charge in [-0.1, -0.05) is 54.6 Å². The molecular weight excluding hydrogens is 496 g/mol. The van der Waals surface area contributed by atoms with Crippen LogP contribution in [0.1, 0.15) is 11.1 Å². The summed E-state index contributed by atoms with van der Waals surface area (Å²) in [5, 5.41) is 16.5. The van der Waals surface area contributed by atoms with Gasteiger partial charge in [0, 0.05) is 22.9 Å². The fourth-order valence-corrected chi connectivity index (χ4v) is 4.19. The first-order chi connectivity index (χ1) is 18.3. The van der Waals surface area contributed by atoms with E-state index in [1.165, 1.54) is 53.5 Å². The van der Waals surface area contributed by atoms with Crippen molar-refractivity contribution in [2.75, 3.05) is 0 Å². The summed E-state index contributed by atoms with van der Waals surface area (Å²) in [5.74, 6) is -1.32. The standard InChI is InChI=1S/C27H19F2N5O4/c28-22-12-6-4-8-18(22)15-31-24(20-14-30-33(17-20)21-10-2-1-3-11-21)25(34(37)38)26(35)32(27(31)36)16-19-9-5-7-13-23(19)29/h1-14,17H,15-16H2. The van der Waals surface area contributed by atoms with Gasteiger partial charge in [-0.2, -0.15) is 5.10 Å². The van der Waals surface area contributed by atoms with Gasteiger partial charge in [0.2, 0.25) is 0 Å². The van der Waals surface area contributed by atoms with Crippen molar-refractivity contribution in [2.45, 2.75) is 13.1 Å². The van der Waals surface area contributed by atoms with Crippen LogP contribution in [-0.4, -0.2) is 23.8 Å². The number of hydrogen-bond acceptors (Lipinski definition) is 5. The van der Waals surface area contributed by atoms with Crippen LogP contribution in [0.5, 0.6) is 0 Å². The van der Waals surface area contributed by atoms with Crippen LogP contribution in [0.25, 0.3) is 16.9 Å². The summed E-state index contributed by atoms with van der Waals surface area (Å²) in [4.78, 5) is 38.4. The van der Waals surface area contributed by atoms with Gasteiger partial charge < -0.3 is 0 Å². The highest BCUT2D eigenvalue weighted by Gasteiger charge is 2.30. The average Bonchev–Trinajstić information content (AvgIpc) is 3.40. The summed E-state index contributed by atoms with van der Waals surface area (Å²) in [6.07, 6.45) is 2.73. The quantitative estimate of drug-likeness (QED) is 0.239. The lowest BCUT2D eigenvalue weighted by molar-refractivity contribution is -0.386. The third-order valence-electron chi connectivity index (χ3n) is 6.04. The predicted molar refractivity (Wildman–Crippen MR) is 135 cm³/mol. The van der Waals surface area contributed by atoms with E-state index in [4.69, 9.17) is 0 Å². The minimum atomic E-state index is -1.21. The molecule has 0 N–H and O–H groups in total. The Morgan fingerprint density at radius 3 is 1.92 bits per heavy atom. The molecule has 0 radical (unpaired) electrons. The monoisotopic (exact) mass is 515 g/mol. The smallest absolute Gasteiger partial charge is 0.282 e. The zero-order valence-corrected chi connectivity index (χ0v) is 19.7. The second kappa shape index (κ2) is 10.1. The summed E-state index contributed by atoms with van der Waals surface area (Å²) in [6.45, 7) is -0.970. The first-order valence-corrected chi connectivity index (χ1v) is 11.4. The summed E-state index contributed by atoms with van der Waals surface area (Å²) in [7, 11) is 0. The molecule has 0 saturated heterocycles. The Hall–Kier alpha value is -5.19. The molecule has 0 aliphatic carbocycles. The van der Waals surface area contributed by atoms with Crippen molar-refractivity contribution in [1.29, 1.82) is 0 Å². The molecule has 0 aliphatic heterocycles. The van der Waals surface area contributed by atoms with Crippen molar-refractivity contribution in [3.8, 4) is 16.9 Å². The number of hydrogen-bond donors (Lipinski definition) is 0. The zero-order chi connectivity index (χ0) is 26.8. The highest BCUT2D eigenvalue weighted by atomic mass is 19.1. The molecule has 38 heavy (non-hydrogen) atoms. The molecule has 0 unspecified atom stereocenters. The minimum Gasteiger partial charge on any atom is -0.282 e. The Labute approximate surface area is 213 Å². The van der Waals surface area contributed by atoms with E-state index in [1.807, 2.05) is 0 Å². The fraction of sp³-hybridized carbons (Fsp3) is 0.0741. The Bertz CT molecular complexity index is 1780. The van der Waals surface area contributed by atoms with Crippen molar-refractivity contribution in [3.05, 3.63) is 145 Å². The van der Waals surface area contributed by atoms with Crippen molar-refractivity contribution < 1.29 is 13.7 Å². The number of benzene rings is 3. The molecule has 0 atom stereocenters. The van der Waals surface area contributed by atoms with Gasteiger partial charge >= 0.3 is 16.9 Å². The van der Waals surface area contributed by atoms with Gasteiger partial charge in [-0.25, -0.2) is 22.8 Å². The predicted octanol–water partition coefficient (Wildman–Crippen LogP) is 4.15. The molecule has 0 fully saturated rings. The molecule has 0 spiro atoms. The van der Waals surface area contributed by atoms with E-state index in [1.54, 1.807) is 36.4 Å². The molecular formula is C27H19F2N5O4. The molecule has 0 bridgehead atoms. The summed E-state index contributed by atoms with van der Waals surface area (Å²) >= 11 is 0. The maximum absolute atomic E-state index is 14.6. The zero-order valence-electron chi connectivity index (χ0n) is 19.7. The Kier molecular flexibility index (Phi) is 6.48. The van der Waals surface area contributed by atoms with Crippen molar-refractivity contribution in [3.63, 3.8) is 0 Å². The number of nitro groups is 1. The molecule has 5 aromatic rings. The van der Waals surface area contributed by atoms with Gasteiger partial charge in [0.25, 0.3) is 0 Å². The minimum absolute atomic E-state index is 0.0110. The van der Waals surface area contributed by atoms with Crippen LogP contribution in [-0.2, 0) is 13.1 Å². The molecule has 0 aliphatic rings. The van der Waals surface area contributed by atoms with E-state index in [0.29, 0.717) is 10.3 Å². The number of rotatable bonds is 7. The molecule has 11 heteroatoms. The molecule has 3 aromatic carbocycles. The van der Waals surface area contributed by atoms with Crippen LogP contribution < -0.4 is 11.2 Å². The maximum Gasteiger partial charge on any atom is 0.358 e. The van der Waals surface area contributed by atoms with Gasteiger partial charge in [0.1, 0.15) is 17.3 Å². The molecule has 9 nitrogen and oxygen atoms in total. The normalized spacial score (nSPS) is 11.0. The van der Waals surface area contributed by atoms with E-state index < -0.39 is 46.6 Å². The SMILES string of the molecule is O=c1c([N+](=O)[O-])c(-c2cnn(-c3ccccc3)c2)n(Cc2ccccc2F)c(=O)n1Cc1ccccc1F. The van der Waals surface area contributed by atoms with E-state index >= 15 is 0 Å². The highest BCUT2D eigenvalue weighted by Crippen LogP contribution is 2.27. The van der Waals surface area contributed by atoms with E-state index in [-0.39, 0.29) is 22.4 Å². The number of para-hydroxylation sites is 1. The van der Waals surface area contributed by atoms with E-state index in [0.717, 1.165) is 10.6 Å². The van der Waals surface area contributed by atoms with Gasteiger partial charge in [-0.15, -0.1) is 0 Å². The fourth-order valence-electron chi connectivity index (χ4n) is 4.19. The molecule has 2 aromatic heterocycles. The van der Waals surface area contributed by atoms with Crippen molar-refractivity contribution in [1.82, 2.24) is 18.9 Å². The first-order valence-electron chi connectivity index (χ1n) is 11.4. The first kappa shape index (κ1) is 24.5. The van der Waals surface area contributed by atoms with Crippen LogP contribution in [0, 0.1) is 21.7 Å².